The van der Waals surface area contributed by atoms with Gasteiger partial charge in [-0.2, -0.15) is 18.3 Å². The van der Waals surface area contributed by atoms with Crippen LogP contribution in [0, 0.1) is 0 Å². The topological polar surface area (TPSA) is 62.1 Å². The predicted octanol–water partition coefficient (Wildman–Crippen LogP) is 2.96. The van der Waals surface area contributed by atoms with Gasteiger partial charge in [0.2, 0.25) is 0 Å². The number of esters is 1. The first-order valence-corrected chi connectivity index (χ1v) is 7.77. The van der Waals surface area contributed by atoms with Gasteiger partial charge < -0.3 is 14.2 Å². The zero-order chi connectivity index (χ0) is 18.0. The van der Waals surface area contributed by atoms with Crippen LogP contribution in [-0.4, -0.2) is 48.7 Å². The molecule has 136 valence electrons. The van der Waals surface area contributed by atoms with Gasteiger partial charge in [0.15, 0.2) is 0 Å². The van der Waals surface area contributed by atoms with Crippen LogP contribution in [0.4, 0.5) is 13.2 Å². The summed E-state index contributed by atoms with van der Waals surface area (Å²) in [6.07, 6.45) is -0.984. The van der Waals surface area contributed by atoms with Crippen LogP contribution in [0.1, 0.15) is 34.8 Å². The highest BCUT2D eigenvalue weighted by Crippen LogP contribution is 2.44. The maximum Gasteiger partial charge on any atom is 0.411 e. The molecule has 0 aliphatic heterocycles. The number of pyridine rings is 1. The van der Waals surface area contributed by atoms with E-state index in [4.69, 9.17) is 9.47 Å². The molecule has 0 N–H and O–H groups in total. The van der Waals surface area contributed by atoms with Crippen molar-refractivity contribution in [1.82, 2.24) is 9.61 Å². The summed E-state index contributed by atoms with van der Waals surface area (Å²) in [7, 11) is 1.30. The van der Waals surface area contributed by atoms with Crippen molar-refractivity contribution in [2.45, 2.75) is 24.9 Å². The highest BCUT2D eigenvalue weighted by Gasteiger charge is 2.31. The Morgan fingerprint density at radius 1 is 1.32 bits per heavy atom. The Bertz CT molecular complexity index is 769. The van der Waals surface area contributed by atoms with E-state index in [9.17, 15) is 18.0 Å². The van der Waals surface area contributed by atoms with Crippen LogP contribution in [0.15, 0.2) is 18.3 Å². The number of carbonyl (C=O) groups is 1. The molecule has 0 spiro atoms. The van der Waals surface area contributed by atoms with Crippen LogP contribution in [0.2, 0.25) is 0 Å². The summed E-state index contributed by atoms with van der Waals surface area (Å²) in [5.41, 5.74) is 1.77. The predicted molar refractivity (Wildman–Crippen MR) is 80.9 cm³/mol. The fourth-order valence-corrected chi connectivity index (χ4v) is 2.57. The fraction of sp³-hybridized carbons (Fsp3) is 0.500. The lowest BCUT2D eigenvalue weighted by molar-refractivity contribution is -0.175. The van der Waals surface area contributed by atoms with Crippen LogP contribution >= 0.6 is 0 Å². The first-order chi connectivity index (χ1) is 11.9. The molecule has 0 atom stereocenters. The van der Waals surface area contributed by atoms with E-state index in [0.717, 1.165) is 18.5 Å². The molecule has 25 heavy (non-hydrogen) atoms. The molecule has 2 aromatic rings. The maximum atomic E-state index is 12.0. The third kappa shape index (κ3) is 4.04. The first kappa shape index (κ1) is 17.5. The van der Waals surface area contributed by atoms with Crippen LogP contribution in [-0.2, 0) is 9.47 Å². The maximum absolute atomic E-state index is 12.0. The third-order valence-electron chi connectivity index (χ3n) is 3.80. The number of methoxy groups -OCH3 is 1. The Labute approximate surface area is 141 Å². The Morgan fingerprint density at radius 3 is 2.72 bits per heavy atom. The number of hydrogen-bond acceptors (Lipinski definition) is 5. The molecule has 1 saturated carbocycles. The van der Waals surface area contributed by atoms with E-state index in [2.05, 4.69) is 9.84 Å². The highest BCUT2D eigenvalue weighted by atomic mass is 19.4. The average molecular weight is 358 g/mol. The molecule has 0 aromatic carbocycles. The van der Waals surface area contributed by atoms with E-state index >= 15 is 0 Å². The van der Waals surface area contributed by atoms with Gasteiger partial charge in [0.05, 0.1) is 31.1 Å². The number of carbonyl (C=O) groups excluding carboxylic acids is 1. The minimum Gasteiger partial charge on any atom is -0.489 e. The minimum absolute atomic E-state index is 0.00751. The van der Waals surface area contributed by atoms with E-state index in [-0.39, 0.29) is 19.1 Å². The van der Waals surface area contributed by atoms with Crippen LogP contribution in [0.3, 0.4) is 0 Å². The van der Waals surface area contributed by atoms with Gasteiger partial charge in [0.1, 0.15) is 24.5 Å². The quantitative estimate of drug-likeness (QED) is 0.563. The Morgan fingerprint density at radius 2 is 2.08 bits per heavy atom. The largest absolute Gasteiger partial charge is 0.489 e. The van der Waals surface area contributed by atoms with E-state index in [1.54, 1.807) is 16.6 Å². The number of hydrogen-bond donors (Lipinski definition) is 0. The smallest absolute Gasteiger partial charge is 0.411 e. The van der Waals surface area contributed by atoms with Gasteiger partial charge in [-0.05, 0) is 25.0 Å². The van der Waals surface area contributed by atoms with Crippen molar-refractivity contribution in [3.63, 3.8) is 0 Å². The summed E-state index contributed by atoms with van der Waals surface area (Å²) >= 11 is 0. The standard InChI is InChI=1S/C16H17F3N2O4/c1-23-15(22)11-8-20-21-12(11)4-5-13(14(21)10-2-3-10)25-7-6-24-9-16(17,18)19/h4-5,8,10H,2-3,6-7,9H2,1H3. The van der Waals surface area contributed by atoms with Crippen LogP contribution in [0.5, 0.6) is 5.75 Å². The number of aromatic nitrogens is 2. The van der Waals surface area contributed by atoms with Crippen molar-refractivity contribution >= 4 is 11.5 Å². The minimum atomic E-state index is -4.35. The molecule has 2 heterocycles. The molecule has 9 heteroatoms. The number of nitrogens with zero attached hydrogens (tertiary/aromatic N) is 2. The van der Waals surface area contributed by atoms with Gasteiger partial charge in [-0.3, -0.25) is 0 Å². The third-order valence-corrected chi connectivity index (χ3v) is 3.80. The molecular formula is C16H17F3N2O4. The van der Waals surface area contributed by atoms with Crippen molar-refractivity contribution in [1.29, 1.82) is 0 Å². The second kappa shape index (κ2) is 6.91. The summed E-state index contributed by atoms with van der Waals surface area (Å²) in [6.45, 7) is -1.48. The summed E-state index contributed by atoms with van der Waals surface area (Å²) < 4.78 is 52.6. The number of ether oxygens (including phenoxy) is 3. The summed E-state index contributed by atoms with van der Waals surface area (Å²) in [5.74, 6) is 0.302. The molecule has 1 aliphatic rings. The van der Waals surface area contributed by atoms with E-state index in [1.807, 2.05) is 0 Å². The number of alkyl halides is 3. The van der Waals surface area contributed by atoms with Crippen LogP contribution in [0.25, 0.3) is 5.52 Å². The molecule has 1 aliphatic carbocycles. The Balaban J connectivity index is 1.75. The molecule has 6 nitrogen and oxygen atoms in total. The SMILES string of the molecule is COC(=O)c1cnn2c(C3CC3)c(OCCOCC(F)(F)F)ccc12. The molecule has 3 rings (SSSR count). The number of fused-ring (bicyclic) bond motifs is 1. The lowest BCUT2D eigenvalue weighted by Crippen LogP contribution is -2.19. The highest BCUT2D eigenvalue weighted by molar-refractivity contribution is 5.96. The molecule has 0 amide bonds. The fourth-order valence-electron chi connectivity index (χ4n) is 2.57. The van der Waals surface area contributed by atoms with Crippen molar-refractivity contribution in [2.75, 3.05) is 26.9 Å². The van der Waals surface area contributed by atoms with Crippen molar-refractivity contribution in [2.24, 2.45) is 0 Å². The molecule has 0 bridgehead atoms. The second-order valence-corrected chi connectivity index (χ2v) is 5.72. The summed E-state index contributed by atoms with van der Waals surface area (Å²) in [5, 5.41) is 4.24. The monoisotopic (exact) mass is 358 g/mol. The zero-order valence-corrected chi connectivity index (χ0v) is 13.5. The first-order valence-electron chi connectivity index (χ1n) is 7.77. The van der Waals surface area contributed by atoms with Gasteiger partial charge >= 0.3 is 12.1 Å². The molecule has 2 aromatic heterocycles. The lowest BCUT2D eigenvalue weighted by atomic mass is 10.2. The van der Waals surface area contributed by atoms with Gasteiger partial charge in [0, 0.05) is 5.92 Å². The Hall–Kier alpha value is -2.29. The molecule has 0 unspecified atom stereocenters. The lowest BCUT2D eigenvalue weighted by Gasteiger charge is -2.13. The van der Waals surface area contributed by atoms with Gasteiger partial charge in [-0.15, -0.1) is 0 Å². The number of rotatable bonds is 7. The van der Waals surface area contributed by atoms with Gasteiger partial charge in [-0.25, -0.2) is 9.31 Å². The second-order valence-electron chi connectivity index (χ2n) is 5.72. The molecule has 0 radical (unpaired) electrons. The summed E-state index contributed by atoms with van der Waals surface area (Å²) in [6, 6.07) is 3.37. The molecule has 1 fully saturated rings. The van der Waals surface area contributed by atoms with Crippen molar-refractivity contribution in [3.05, 3.63) is 29.6 Å². The van der Waals surface area contributed by atoms with Gasteiger partial charge in [-0.1, -0.05) is 0 Å². The van der Waals surface area contributed by atoms with E-state index in [1.165, 1.54) is 13.3 Å². The van der Waals surface area contributed by atoms with E-state index < -0.39 is 18.8 Å². The van der Waals surface area contributed by atoms with Crippen molar-refractivity contribution < 1.29 is 32.2 Å². The molecular weight excluding hydrogens is 341 g/mol. The van der Waals surface area contributed by atoms with E-state index in [0.29, 0.717) is 16.8 Å². The normalized spacial score (nSPS) is 14.7. The van der Waals surface area contributed by atoms with Crippen molar-refractivity contribution in [3.8, 4) is 5.75 Å². The van der Waals surface area contributed by atoms with Crippen LogP contribution < -0.4 is 4.74 Å². The summed E-state index contributed by atoms with van der Waals surface area (Å²) in [4.78, 5) is 11.8. The molecule has 0 saturated heterocycles. The zero-order valence-electron chi connectivity index (χ0n) is 13.5. The average Bonchev–Trinajstić information content (AvgIpc) is 3.30. The Kier molecular flexibility index (Phi) is 4.85. The number of halogens is 3. The van der Waals surface area contributed by atoms with Gasteiger partial charge in [0.25, 0.3) is 0 Å².